The molecule has 12 heavy (non-hydrogen) atoms. The maximum atomic E-state index is 5.05. The molecule has 0 saturated carbocycles. The highest BCUT2D eigenvalue weighted by Crippen LogP contribution is 1.87. The molecule has 0 atom stereocenters. The van der Waals surface area contributed by atoms with Crippen molar-refractivity contribution in [3.8, 4) is 0 Å². The fourth-order valence-electron chi connectivity index (χ4n) is 0.607. The average Bonchev–Trinajstić information content (AvgIpc) is 2.05. The number of nitrogens with two attached hydrogens (primary N) is 2. The van der Waals surface area contributed by atoms with E-state index in [1.807, 2.05) is 12.1 Å². The van der Waals surface area contributed by atoms with E-state index in [0.717, 1.165) is 0 Å². The molecule has 5 nitrogen and oxygen atoms in total. The molecule has 1 rings (SSSR count). The Hall–Kier alpha value is -1.91. The zero-order valence-corrected chi connectivity index (χ0v) is 6.38. The summed E-state index contributed by atoms with van der Waals surface area (Å²) >= 11 is 0. The maximum absolute atomic E-state index is 5.05. The van der Waals surface area contributed by atoms with Crippen molar-refractivity contribution < 1.29 is 0 Å². The van der Waals surface area contributed by atoms with E-state index in [1.54, 1.807) is 12.3 Å². The third kappa shape index (κ3) is 2.78. The van der Waals surface area contributed by atoms with Crippen molar-refractivity contribution in [1.29, 1.82) is 0 Å². The van der Waals surface area contributed by atoms with E-state index in [1.165, 1.54) is 6.21 Å². The van der Waals surface area contributed by atoms with Crippen LogP contribution in [0.5, 0.6) is 0 Å². The van der Waals surface area contributed by atoms with Crippen molar-refractivity contribution >= 4 is 12.2 Å². The summed E-state index contributed by atoms with van der Waals surface area (Å²) in [4.78, 5) is 3.98. The minimum atomic E-state index is -0.0674. The summed E-state index contributed by atoms with van der Waals surface area (Å²) in [6.45, 7) is 0. The van der Waals surface area contributed by atoms with Gasteiger partial charge in [0, 0.05) is 6.20 Å². The van der Waals surface area contributed by atoms with Crippen molar-refractivity contribution in [3.63, 3.8) is 0 Å². The number of aromatic nitrogens is 1. The van der Waals surface area contributed by atoms with Crippen LogP contribution in [-0.2, 0) is 0 Å². The lowest BCUT2D eigenvalue weighted by atomic mass is 10.4. The number of rotatable bonds is 2. The van der Waals surface area contributed by atoms with Gasteiger partial charge in [0.15, 0.2) is 0 Å². The summed E-state index contributed by atoms with van der Waals surface area (Å²) in [5, 5.41) is 7.01. The lowest BCUT2D eigenvalue weighted by Crippen LogP contribution is -2.21. The van der Waals surface area contributed by atoms with E-state index < -0.39 is 0 Å². The predicted octanol–water partition coefficient (Wildman–Crippen LogP) is -0.311. The Kier molecular flexibility index (Phi) is 2.78. The van der Waals surface area contributed by atoms with Gasteiger partial charge in [0.1, 0.15) is 0 Å². The van der Waals surface area contributed by atoms with Gasteiger partial charge in [0.05, 0.1) is 11.9 Å². The molecule has 1 heterocycles. The Morgan fingerprint density at radius 3 is 2.83 bits per heavy atom. The van der Waals surface area contributed by atoms with Gasteiger partial charge in [-0.25, -0.2) is 0 Å². The lowest BCUT2D eigenvalue weighted by Gasteiger charge is -1.87. The number of hydrogen-bond acceptors (Lipinski definition) is 3. The van der Waals surface area contributed by atoms with Crippen LogP contribution in [0.2, 0.25) is 0 Å². The Morgan fingerprint density at radius 1 is 1.42 bits per heavy atom. The van der Waals surface area contributed by atoms with Crippen molar-refractivity contribution in [3.05, 3.63) is 30.1 Å². The van der Waals surface area contributed by atoms with Crippen LogP contribution in [0.25, 0.3) is 0 Å². The molecule has 1 aromatic heterocycles. The third-order valence-corrected chi connectivity index (χ3v) is 1.05. The third-order valence-electron chi connectivity index (χ3n) is 1.05. The summed E-state index contributed by atoms with van der Waals surface area (Å²) < 4.78 is 0. The summed E-state index contributed by atoms with van der Waals surface area (Å²) in [5.74, 6) is -0.0674. The van der Waals surface area contributed by atoms with Gasteiger partial charge in [-0.15, -0.1) is 5.10 Å². The molecule has 5 heteroatoms. The van der Waals surface area contributed by atoms with Gasteiger partial charge in [-0.1, -0.05) is 6.07 Å². The number of nitrogens with zero attached hydrogens (tertiary/aromatic N) is 3. The fourth-order valence-corrected chi connectivity index (χ4v) is 0.607. The summed E-state index contributed by atoms with van der Waals surface area (Å²) in [5.41, 5.74) is 10.8. The molecule has 0 unspecified atom stereocenters. The van der Waals surface area contributed by atoms with Crippen LogP contribution < -0.4 is 11.5 Å². The molecule has 0 aliphatic rings. The van der Waals surface area contributed by atoms with Crippen molar-refractivity contribution in [2.45, 2.75) is 0 Å². The predicted molar refractivity (Wildman–Crippen MR) is 47.6 cm³/mol. The van der Waals surface area contributed by atoms with Gasteiger partial charge in [-0.05, 0) is 12.1 Å². The smallest absolute Gasteiger partial charge is 0.211 e. The van der Waals surface area contributed by atoms with Gasteiger partial charge in [0.2, 0.25) is 5.96 Å². The van der Waals surface area contributed by atoms with E-state index >= 15 is 0 Å². The zero-order valence-electron chi connectivity index (χ0n) is 6.38. The quantitative estimate of drug-likeness (QED) is 0.356. The molecule has 0 saturated heterocycles. The van der Waals surface area contributed by atoms with Crippen LogP contribution >= 0.6 is 0 Å². The van der Waals surface area contributed by atoms with Crippen LogP contribution in [-0.4, -0.2) is 17.2 Å². The van der Waals surface area contributed by atoms with Crippen LogP contribution in [0.4, 0.5) is 0 Å². The Balaban J connectivity index is 2.64. The second-order valence-electron chi connectivity index (χ2n) is 2.02. The van der Waals surface area contributed by atoms with Crippen LogP contribution in [0.15, 0.2) is 34.6 Å². The highest BCUT2D eigenvalue weighted by Gasteiger charge is 1.83. The molecule has 0 aromatic carbocycles. The molecule has 0 spiro atoms. The Morgan fingerprint density at radius 2 is 2.25 bits per heavy atom. The molecule has 0 radical (unpaired) electrons. The number of guanidine groups is 1. The first kappa shape index (κ1) is 8.19. The topological polar surface area (TPSA) is 89.7 Å². The van der Waals surface area contributed by atoms with Crippen LogP contribution in [0.3, 0.4) is 0 Å². The van der Waals surface area contributed by atoms with Gasteiger partial charge in [-0.3, -0.25) is 4.98 Å². The maximum Gasteiger partial charge on any atom is 0.211 e. The van der Waals surface area contributed by atoms with E-state index in [4.69, 9.17) is 11.5 Å². The minimum Gasteiger partial charge on any atom is -0.369 e. The van der Waals surface area contributed by atoms with Crippen LogP contribution in [0.1, 0.15) is 5.69 Å². The molecule has 0 fully saturated rings. The molecular weight excluding hydrogens is 154 g/mol. The minimum absolute atomic E-state index is 0.0674. The number of hydrogen-bond donors (Lipinski definition) is 2. The molecule has 4 N–H and O–H groups in total. The van der Waals surface area contributed by atoms with Crippen molar-refractivity contribution in [2.24, 2.45) is 21.7 Å². The van der Waals surface area contributed by atoms with Gasteiger partial charge < -0.3 is 11.5 Å². The van der Waals surface area contributed by atoms with Crippen molar-refractivity contribution in [2.75, 3.05) is 0 Å². The second-order valence-corrected chi connectivity index (χ2v) is 2.02. The molecule has 0 amide bonds. The molecule has 62 valence electrons. The summed E-state index contributed by atoms with van der Waals surface area (Å²) in [6.07, 6.45) is 3.14. The molecular formula is C7H9N5. The molecule has 1 aromatic rings. The van der Waals surface area contributed by atoms with E-state index in [-0.39, 0.29) is 5.96 Å². The van der Waals surface area contributed by atoms with E-state index in [0.29, 0.717) is 5.69 Å². The second kappa shape index (κ2) is 4.07. The summed E-state index contributed by atoms with van der Waals surface area (Å²) in [7, 11) is 0. The highest BCUT2D eigenvalue weighted by atomic mass is 15.3. The zero-order chi connectivity index (χ0) is 8.81. The van der Waals surface area contributed by atoms with E-state index in [9.17, 15) is 0 Å². The highest BCUT2D eigenvalue weighted by molar-refractivity contribution is 5.79. The first-order valence-corrected chi connectivity index (χ1v) is 3.32. The Labute approximate surface area is 69.8 Å². The average molecular weight is 163 g/mol. The largest absolute Gasteiger partial charge is 0.369 e. The lowest BCUT2D eigenvalue weighted by molar-refractivity contribution is 1.20. The SMILES string of the molecule is NC(N)=NN=Cc1ccccn1. The summed E-state index contributed by atoms with van der Waals surface area (Å²) in [6, 6.07) is 5.47. The van der Waals surface area contributed by atoms with Gasteiger partial charge in [0.25, 0.3) is 0 Å². The Bertz CT molecular complexity index is 286. The van der Waals surface area contributed by atoms with Gasteiger partial charge >= 0.3 is 0 Å². The monoisotopic (exact) mass is 163 g/mol. The van der Waals surface area contributed by atoms with Crippen LogP contribution in [0, 0.1) is 0 Å². The molecule has 0 aliphatic carbocycles. The van der Waals surface area contributed by atoms with Crippen molar-refractivity contribution in [1.82, 2.24) is 4.98 Å². The van der Waals surface area contributed by atoms with Gasteiger partial charge in [-0.2, -0.15) is 5.10 Å². The molecule has 0 aliphatic heterocycles. The standard InChI is InChI=1S/C7H9N5/c8-7(9)12-11-5-6-3-1-2-4-10-6/h1-5H,(H4,8,9,12). The number of pyridine rings is 1. The normalized spacial score (nSPS) is 10.0. The van der Waals surface area contributed by atoms with E-state index in [2.05, 4.69) is 15.2 Å². The fraction of sp³-hybridized carbons (Fsp3) is 0. The first-order valence-electron chi connectivity index (χ1n) is 3.32. The molecule has 0 bridgehead atoms. The first-order chi connectivity index (χ1) is 5.79.